The summed E-state index contributed by atoms with van der Waals surface area (Å²) in [7, 11) is 0. The van der Waals surface area contributed by atoms with Gasteiger partial charge in [-0.05, 0) is 34.0 Å². The van der Waals surface area contributed by atoms with E-state index in [1.165, 1.54) is 21.8 Å². The first-order valence-electron chi connectivity index (χ1n) is 8.54. The highest BCUT2D eigenvalue weighted by atomic mass is 79.9. The number of esters is 1. The van der Waals surface area contributed by atoms with Crippen molar-refractivity contribution in [3.63, 3.8) is 0 Å². The van der Waals surface area contributed by atoms with Gasteiger partial charge in [0.1, 0.15) is 12.6 Å². The lowest BCUT2D eigenvalue weighted by Crippen LogP contribution is -2.45. The standard InChI is InChI=1S/C19H18BrN3O4S/c1-11(2)16(22-17(25)13-5-3-4-6-14(13)20)18(26)27-10-12-9-15(24)23-7-8-28-19(23)21-12/h3-9,11,16H,10H2,1-2H3,(H,22,25). The number of nitrogens with one attached hydrogen (secondary N) is 1. The molecular formula is C19H18BrN3O4S. The number of fused-ring (bicyclic) bond motifs is 1. The lowest BCUT2D eigenvalue weighted by molar-refractivity contribution is -0.148. The topological polar surface area (TPSA) is 89.8 Å². The van der Waals surface area contributed by atoms with Gasteiger partial charge in [0.15, 0.2) is 4.96 Å². The zero-order chi connectivity index (χ0) is 20.3. The second-order valence-corrected chi connectivity index (χ2v) is 8.15. The molecule has 0 bridgehead atoms. The van der Waals surface area contributed by atoms with Crippen LogP contribution in [0, 0.1) is 5.92 Å². The highest BCUT2D eigenvalue weighted by Gasteiger charge is 2.27. The van der Waals surface area contributed by atoms with Crippen LogP contribution in [0.4, 0.5) is 0 Å². The van der Waals surface area contributed by atoms with E-state index in [2.05, 4.69) is 26.2 Å². The van der Waals surface area contributed by atoms with Crippen LogP contribution in [-0.4, -0.2) is 27.3 Å². The summed E-state index contributed by atoms with van der Waals surface area (Å²) in [6, 6.07) is 7.46. The average molecular weight is 464 g/mol. The van der Waals surface area contributed by atoms with Crippen molar-refractivity contribution in [2.24, 2.45) is 5.92 Å². The molecule has 0 fully saturated rings. The number of rotatable bonds is 6. The lowest BCUT2D eigenvalue weighted by atomic mass is 10.0. The molecule has 28 heavy (non-hydrogen) atoms. The van der Waals surface area contributed by atoms with E-state index in [1.54, 1.807) is 35.8 Å². The largest absolute Gasteiger partial charge is 0.458 e. The van der Waals surface area contributed by atoms with E-state index in [9.17, 15) is 14.4 Å². The molecule has 1 unspecified atom stereocenters. The number of benzene rings is 1. The minimum atomic E-state index is -0.828. The molecule has 0 saturated heterocycles. The minimum absolute atomic E-state index is 0.142. The summed E-state index contributed by atoms with van der Waals surface area (Å²) < 4.78 is 7.39. The summed E-state index contributed by atoms with van der Waals surface area (Å²) in [6.07, 6.45) is 1.64. The predicted octanol–water partition coefficient (Wildman–Crippen LogP) is 3.02. The Hall–Kier alpha value is -2.52. The van der Waals surface area contributed by atoms with E-state index in [-0.39, 0.29) is 24.0 Å². The molecule has 1 N–H and O–H groups in total. The number of hydrogen-bond donors (Lipinski definition) is 1. The third-order valence-electron chi connectivity index (χ3n) is 4.04. The van der Waals surface area contributed by atoms with E-state index in [4.69, 9.17) is 4.74 Å². The van der Waals surface area contributed by atoms with Crippen LogP contribution in [0.3, 0.4) is 0 Å². The van der Waals surface area contributed by atoms with Crippen LogP contribution in [0.1, 0.15) is 29.9 Å². The molecule has 146 valence electrons. The Balaban J connectivity index is 1.69. The van der Waals surface area contributed by atoms with Gasteiger partial charge < -0.3 is 10.1 Å². The molecule has 0 aliphatic carbocycles. The number of halogens is 1. The maximum Gasteiger partial charge on any atom is 0.329 e. The quantitative estimate of drug-likeness (QED) is 0.567. The van der Waals surface area contributed by atoms with Crippen LogP contribution in [0.15, 0.2) is 51.2 Å². The van der Waals surface area contributed by atoms with Crippen molar-refractivity contribution in [3.8, 4) is 0 Å². The first kappa shape index (κ1) is 20.2. The molecule has 9 heteroatoms. The molecule has 2 heterocycles. The third kappa shape index (κ3) is 4.48. The smallest absolute Gasteiger partial charge is 0.329 e. The monoisotopic (exact) mass is 463 g/mol. The summed E-state index contributed by atoms with van der Waals surface area (Å²) in [5.74, 6) is -1.14. The molecule has 3 aromatic rings. The molecule has 2 aromatic heterocycles. The Morgan fingerprint density at radius 2 is 2.07 bits per heavy atom. The summed E-state index contributed by atoms with van der Waals surface area (Å²) in [6.45, 7) is 3.49. The van der Waals surface area contributed by atoms with Crippen molar-refractivity contribution in [1.82, 2.24) is 14.7 Å². The maximum atomic E-state index is 12.6. The fourth-order valence-corrected chi connectivity index (χ4v) is 3.76. The Labute approximate surface area is 173 Å². The zero-order valence-electron chi connectivity index (χ0n) is 15.2. The van der Waals surface area contributed by atoms with Gasteiger partial charge in [-0.25, -0.2) is 9.78 Å². The summed E-state index contributed by atoms with van der Waals surface area (Å²) in [5, 5.41) is 4.47. The van der Waals surface area contributed by atoms with Crippen LogP contribution in [0.25, 0.3) is 4.96 Å². The SMILES string of the molecule is CC(C)C(NC(=O)c1ccccc1Br)C(=O)OCc1cc(=O)n2ccsc2n1. The molecule has 1 aromatic carbocycles. The molecular weight excluding hydrogens is 446 g/mol. The van der Waals surface area contributed by atoms with E-state index >= 15 is 0 Å². The van der Waals surface area contributed by atoms with Crippen LogP contribution in [0.5, 0.6) is 0 Å². The highest BCUT2D eigenvalue weighted by molar-refractivity contribution is 9.10. The first-order valence-corrected chi connectivity index (χ1v) is 10.2. The third-order valence-corrected chi connectivity index (χ3v) is 5.49. The highest BCUT2D eigenvalue weighted by Crippen LogP contribution is 2.17. The van der Waals surface area contributed by atoms with Gasteiger partial charge in [-0.2, -0.15) is 0 Å². The predicted molar refractivity (Wildman–Crippen MR) is 109 cm³/mol. The number of aromatic nitrogens is 2. The number of hydrogen-bond acceptors (Lipinski definition) is 6. The van der Waals surface area contributed by atoms with E-state index in [0.29, 0.717) is 20.7 Å². The van der Waals surface area contributed by atoms with Gasteiger partial charge in [-0.15, -0.1) is 11.3 Å². The van der Waals surface area contributed by atoms with E-state index in [1.807, 2.05) is 13.8 Å². The normalized spacial score (nSPS) is 12.1. The molecule has 7 nitrogen and oxygen atoms in total. The fraction of sp³-hybridized carbons (Fsp3) is 0.263. The molecule has 0 spiro atoms. The number of carbonyl (C=O) groups is 2. The van der Waals surface area contributed by atoms with Crippen molar-refractivity contribution in [1.29, 1.82) is 0 Å². The Bertz CT molecular complexity index is 1080. The Kier molecular flexibility index (Phi) is 6.25. The lowest BCUT2D eigenvalue weighted by Gasteiger charge is -2.21. The van der Waals surface area contributed by atoms with Gasteiger partial charge in [0.2, 0.25) is 0 Å². The van der Waals surface area contributed by atoms with Crippen molar-refractivity contribution < 1.29 is 14.3 Å². The van der Waals surface area contributed by atoms with E-state index < -0.39 is 12.0 Å². The zero-order valence-corrected chi connectivity index (χ0v) is 17.6. The second kappa shape index (κ2) is 8.66. The van der Waals surface area contributed by atoms with Gasteiger partial charge in [0.05, 0.1) is 11.3 Å². The van der Waals surface area contributed by atoms with Gasteiger partial charge >= 0.3 is 5.97 Å². The van der Waals surface area contributed by atoms with Crippen LogP contribution in [-0.2, 0) is 16.1 Å². The molecule has 3 rings (SSSR count). The molecule has 0 aliphatic rings. The molecule has 0 radical (unpaired) electrons. The van der Waals surface area contributed by atoms with Crippen molar-refractivity contribution in [3.05, 3.63) is 68.0 Å². The van der Waals surface area contributed by atoms with Crippen LogP contribution in [0.2, 0.25) is 0 Å². The average Bonchev–Trinajstić information content (AvgIpc) is 3.13. The summed E-state index contributed by atoms with van der Waals surface area (Å²) >= 11 is 4.65. The van der Waals surface area contributed by atoms with E-state index in [0.717, 1.165) is 0 Å². The molecule has 1 atom stereocenters. The summed E-state index contributed by atoms with van der Waals surface area (Å²) in [4.78, 5) is 41.9. The van der Waals surface area contributed by atoms with Gasteiger partial charge in [0, 0.05) is 22.1 Å². The summed E-state index contributed by atoms with van der Waals surface area (Å²) in [5.41, 5.74) is 0.555. The van der Waals surface area contributed by atoms with Gasteiger partial charge in [0.25, 0.3) is 11.5 Å². The van der Waals surface area contributed by atoms with Crippen molar-refractivity contribution in [2.45, 2.75) is 26.5 Å². The Morgan fingerprint density at radius 1 is 1.32 bits per heavy atom. The number of amides is 1. The number of thiazole rings is 1. The van der Waals surface area contributed by atoms with Crippen molar-refractivity contribution in [2.75, 3.05) is 0 Å². The first-order chi connectivity index (χ1) is 13.4. The van der Waals surface area contributed by atoms with Gasteiger partial charge in [-0.1, -0.05) is 26.0 Å². The second-order valence-electron chi connectivity index (χ2n) is 6.42. The van der Waals surface area contributed by atoms with Crippen LogP contribution < -0.4 is 10.9 Å². The minimum Gasteiger partial charge on any atom is -0.458 e. The number of ether oxygens (including phenoxy) is 1. The number of nitrogens with zero attached hydrogens (tertiary/aromatic N) is 2. The Morgan fingerprint density at radius 3 is 2.79 bits per heavy atom. The number of carbonyl (C=O) groups excluding carboxylic acids is 2. The molecule has 1 amide bonds. The van der Waals surface area contributed by atoms with Gasteiger partial charge in [-0.3, -0.25) is 14.0 Å². The maximum absolute atomic E-state index is 12.6. The van der Waals surface area contributed by atoms with Crippen molar-refractivity contribution >= 4 is 44.1 Å². The fourth-order valence-electron chi connectivity index (χ4n) is 2.56. The van der Waals surface area contributed by atoms with Crippen LogP contribution >= 0.6 is 27.3 Å². The molecule has 0 aliphatic heterocycles. The molecule has 0 saturated carbocycles.